The Morgan fingerprint density at radius 2 is 1.54 bits per heavy atom. The molecule has 1 aromatic heterocycles. The average molecular weight is 341 g/mol. The third-order valence-electron chi connectivity index (χ3n) is 3.88. The van der Waals surface area contributed by atoms with Crippen LogP contribution in [-0.2, 0) is 10.0 Å². The van der Waals surface area contributed by atoms with Gasteiger partial charge in [0, 0.05) is 0 Å². The number of hydrogen-bond donors (Lipinski definition) is 1. The van der Waals surface area contributed by atoms with Crippen LogP contribution in [0.2, 0.25) is 0 Å². The smallest absolute Gasteiger partial charge is 0.265 e. The Labute approximate surface area is 142 Å². The predicted molar refractivity (Wildman–Crippen MR) is 95.0 cm³/mol. The Morgan fingerprint density at radius 3 is 2.21 bits per heavy atom. The van der Waals surface area contributed by atoms with Crippen LogP contribution >= 0.6 is 0 Å². The van der Waals surface area contributed by atoms with Crippen molar-refractivity contribution in [2.24, 2.45) is 0 Å². The molecule has 0 unspecified atom stereocenters. The van der Waals surface area contributed by atoms with Crippen LogP contribution < -0.4 is 4.72 Å². The largest absolute Gasteiger partial charge is 0.279 e. The van der Waals surface area contributed by atoms with Crippen molar-refractivity contribution in [2.45, 2.75) is 25.7 Å². The van der Waals surface area contributed by atoms with Crippen LogP contribution in [0.15, 0.2) is 59.5 Å². The molecular weight excluding hydrogens is 322 g/mol. The molecule has 0 aliphatic rings. The van der Waals surface area contributed by atoms with Crippen molar-refractivity contribution < 1.29 is 8.42 Å². The highest BCUT2D eigenvalue weighted by Crippen LogP contribution is 2.25. The fourth-order valence-corrected chi connectivity index (χ4v) is 4.25. The fraction of sp³-hybridized carbons (Fsp3) is 0.167. The van der Waals surface area contributed by atoms with Gasteiger partial charge >= 0.3 is 0 Å². The Balaban J connectivity index is 2.06. The van der Waals surface area contributed by atoms with Gasteiger partial charge < -0.3 is 0 Å². The van der Waals surface area contributed by atoms with Crippen LogP contribution in [0.3, 0.4) is 0 Å². The van der Waals surface area contributed by atoms with Crippen LogP contribution in [-0.4, -0.2) is 18.2 Å². The predicted octanol–water partition coefficient (Wildman–Crippen LogP) is 3.60. The number of rotatable bonds is 4. The number of benzene rings is 2. The summed E-state index contributed by atoms with van der Waals surface area (Å²) in [5.74, 6) is 0. The van der Waals surface area contributed by atoms with Crippen LogP contribution in [0, 0.1) is 20.8 Å². The third kappa shape index (κ3) is 2.92. The van der Waals surface area contributed by atoms with E-state index in [0.717, 1.165) is 11.3 Å². The number of nitrogens with zero attached hydrogens (tertiary/aromatic N) is 2. The second kappa shape index (κ2) is 6.13. The Bertz CT molecular complexity index is 977. The molecule has 6 heteroatoms. The summed E-state index contributed by atoms with van der Waals surface area (Å²) < 4.78 is 30.1. The third-order valence-corrected chi connectivity index (χ3v) is 5.50. The molecule has 5 nitrogen and oxygen atoms in total. The van der Waals surface area contributed by atoms with Crippen molar-refractivity contribution in [3.63, 3.8) is 0 Å². The fourth-order valence-electron chi connectivity index (χ4n) is 2.72. The maximum Gasteiger partial charge on any atom is 0.265 e. The molecule has 3 rings (SSSR count). The van der Waals surface area contributed by atoms with Crippen LogP contribution in [0.5, 0.6) is 0 Å². The first-order valence-electron chi connectivity index (χ1n) is 7.60. The molecule has 0 saturated carbocycles. The summed E-state index contributed by atoms with van der Waals surface area (Å²) in [5.41, 5.74) is 3.32. The van der Waals surface area contributed by atoms with Crippen molar-refractivity contribution in [3.8, 4) is 5.69 Å². The van der Waals surface area contributed by atoms with E-state index in [1.165, 1.54) is 0 Å². The first-order valence-corrected chi connectivity index (χ1v) is 9.08. The number of anilines is 1. The van der Waals surface area contributed by atoms with E-state index in [4.69, 9.17) is 0 Å². The molecule has 1 N–H and O–H groups in total. The Hall–Kier alpha value is -2.60. The molecule has 0 atom stereocenters. The lowest BCUT2D eigenvalue weighted by Crippen LogP contribution is -2.15. The number of hydrogen-bond acceptors (Lipinski definition) is 3. The molecule has 0 radical (unpaired) electrons. The molecule has 0 amide bonds. The highest BCUT2D eigenvalue weighted by Gasteiger charge is 2.25. The number of nitrogens with one attached hydrogen (secondary N) is 1. The summed E-state index contributed by atoms with van der Waals surface area (Å²) in [5, 5.41) is 4.41. The van der Waals surface area contributed by atoms with E-state index < -0.39 is 10.0 Å². The van der Waals surface area contributed by atoms with E-state index in [1.807, 2.05) is 49.4 Å². The summed E-state index contributed by atoms with van der Waals surface area (Å²) in [6.07, 6.45) is 0. The zero-order valence-electron chi connectivity index (χ0n) is 13.8. The van der Waals surface area contributed by atoms with E-state index in [1.54, 1.807) is 30.7 Å². The van der Waals surface area contributed by atoms with Crippen LogP contribution in [0.1, 0.15) is 17.0 Å². The molecule has 0 aliphatic heterocycles. The summed E-state index contributed by atoms with van der Waals surface area (Å²) in [7, 11) is -3.72. The normalized spacial score (nSPS) is 11.5. The second-order valence-corrected chi connectivity index (χ2v) is 7.29. The second-order valence-electron chi connectivity index (χ2n) is 5.67. The first-order chi connectivity index (χ1) is 11.4. The zero-order valence-corrected chi connectivity index (χ0v) is 14.6. The number of para-hydroxylation sites is 2. The lowest BCUT2D eigenvalue weighted by molar-refractivity contribution is 0.600. The molecule has 0 saturated heterocycles. The Morgan fingerprint density at radius 1 is 0.917 bits per heavy atom. The Kier molecular flexibility index (Phi) is 4.15. The highest BCUT2D eigenvalue weighted by atomic mass is 32.2. The van der Waals surface area contributed by atoms with Gasteiger partial charge in [-0.3, -0.25) is 4.72 Å². The van der Waals surface area contributed by atoms with Gasteiger partial charge in [-0.15, -0.1) is 0 Å². The molecule has 2 aromatic carbocycles. The number of aromatic nitrogens is 2. The SMILES string of the molecule is Cc1ccccc1NS(=O)(=O)c1c(C)nn(-c2ccccc2)c1C. The maximum absolute atomic E-state index is 12.9. The maximum atomic E-state index is 12.9. The van der Waals surface area contributed by atoms with E-state index in [0.29, 0.717) is 17.1 Å². The molecule has 3 aromatic rings. The van der Waals surface area contributed by atoms with E-state index in [9.17, 15) is 8.42 Å². The summed E-state index contributed by atoms with van der Waals surface area (Å²) in [4.78, 5) is 0.217. The summed E-state index contributed by atoms with van der Waals surface area (Å²) in [6.45, 7) is 5.34. The molecule has 0 bridgehead atoms. The molecule has 0 spiro atoms. The molecular formula is C18H19N3O2S. The molecule has 1 heterocycles. The van der Waals surface area contributed by atoms with Gasteiger partial charge in [0.15, 0.2) is 0 Å². The van der Waals surface area contributed by atoms with Crippen molar-refractivity contribution >= 4 is 15.7 Å². The first kappa shape index (κ1) is 16.3. The van der Waals surface area contributed by atoms with Crippen molar-refractivity contribution in [2.75, 3.05) is 4.72 Å². The lowest BCUT2D eigenvalue weighted by Gasteiger charge is -2.11. The molecule has 0 fully saturated rings. The lowest BCUT2D eigenvalue weighted by atomic mass is 10.2. The standard InChI is InChI=1S/C18H19N3O2S/c1-13-9-7-8-12-17(13)20-24(22,23)18-14(2)19-21(15(18)3)16-10-5-4-6-11-16/h4-12,20H,1-3H3. The highest BCUT2D eigenvalue weighted by molar-refractivity contribution is 7.92. The summed E-state index contributed by atoms with van der Waals surface area (Å²) >= 11 is 0. The van der Waals surface area contributed by atoms with Gasteiger partial charge in [-0.1, -0.05) is 36.4 Å². The van der Waals surface area contributed by atoms with Crippen molar-refractivity contribution in [1.82, 2.24) is 9.78 Å². The van der Waals surface area contributed by atoms with E-state index in [2.05, 4.69) is 9.82 Å². The summed E-state index contributed by atoms with van der Waals surface area (Å²) in [6, 6.07) is 16.8. The number of aryl methyl sites for hydroxylation is 2. The van der Waals surface area contributed by atoms with Crippen molar-refractivity contribution in [3.05, 3.63) is 71.5 Å². The minimum absolute atomic E-state index is 0.217. The quantitative estimate of drug-likeness (QED) is 0.788. The minimum atomic E-state index is -3.72. The van der Waals surface area contributed by atoms with Gasteiger partial charge in [-0.2, -0.15) is 5.10 Å². The topological polar surface area (TPSA) is 64.0 Å². The van der Waals surface area contributed by atoms with Gasteiger partial charge in [0.1, 0.15) is 4.90 Å². The molecule has 0 aliphatic carbocycles. The van der Waals surface area contributed by atoms with Crippen molar-refractivity contribution in [1.29, 1.82) is 0 Å². The van der Waals surface area contributed by atoms with Gasteiger partial charge in [-0.05, 0) is 44.5 Å². The zero-order chi connectivity index (χ0) is 17.3. The van der Waals surface area contributed by atoms with E-state index >= 15 is 0 Å². The monoisotopic (exact) mass is 341 g/mol. The number of sulfonamides is 1. The van der Waals surface area contributed by atoms with Crippen LogP contribution in [0.25, 0.3) is 5.69 Å². The average Bonchev–Trinajstić information content (AvgIpc) is 2.86. The van der Waals surface area contributed by atoms with Gasteiger partial charge in [-0.25, -0.2) is 13.1 Å². The van der Waals surface area contributed by atoms with Gasteiger partial charge in [0.05, 0.1) is 22.8 Å². The minimum Gasteiger partial charge on any atom is -0.279 e. The molecule has 124 valence electrons. The van der Waals surface area contributed by atoms with Gasteiger partial charge in [0.25, 0.3) is 10.0 Å². The van der Waals surface area contributed by atoms with E-state index in [-0.39, 0.29) is 4.90 Å². The van der Waals surface area contributed by atoms with Gasteiger partial charge in [0.2, 0.25) is 0 Å². The van der Waals surface area contributed by atoms with Crippen LogP contribution in [0.4, 0.5) is 5.69 Å². The molecule has 24 heavy (non-hydrogen) atoms.